The molecule has 0 saturated carbocycles. The Bertz CT molecular complexity index is 535. The van der Waals surface area contributed by atoms with Gasteiger partial charge in [0, 0.05) is 5.88 Å². The zero-order chi connectivity index (χ0) is 15.3. The van der Waals surface area contributed by atoms with Crippen LogP contribution >= 0.6 is 11.6 Å². The van der Waals surface area contributed by atoms with Gasteiger partial charge in [0.05, 0.1) is 14.2 Å². The van der Waals surface area contributed by atoms with Crippen LogP contribution in [0.4, 0.5) is 0 Å². The van der Waals surface area contributed by atoms with Crippen molar-refractivity contribution in [1.29, 1.82) is 0 Å². The molecule has 1 rings (SSSR count). The largest absolute Gasteiger partial charge is 0.504 e. The number of carbonyl (C=O) groups excluding carboxylic acids is 1. The molecule has 0 aliphatic heterocycles. The van der Waals surface area contributed by atoms with Crippen LogP contribution in [0.25, 0.3) is 0 Å². The minimum absolute atomic E-state index is 0.143. The van der Waals surface area contributed by atoms with Gasteiger partial charge in [0.1, 0.15) is 5.56 Å². The van der Waals surface area contributed by atoms with Gasteiger partial charge in [-0.15, -0.1) is 11.6 Å². The van der Waals surface area contributed by atoms with Gasteiger partial charge in [-0.1, -0.05) is 12.2 Å². The van der Waals surface area contributed by atoms with Crippen molar-refractivity contribution in [2.45, 2.75) is 20.3 Å². The topological polar surface area (TPSA) is 55.8 Å². The van der Waals surface area contributed by atoms with Gasteiger partial charge in [0.2, 0.25) is 0 Å². The highest BCUT2D eigenvalue weighted by molar-refractivity contribution is 6.18. The molecular weight excluding hydrogens is 280 g/mol. The van der Waals surface area contributed by atoms with E-state index >= 15 is 0 Å². The molecule has 0 bridgehead atoms. The van der Waals surface area contributed by atoms with E-state index in [4.69, 9.17) is 21.1 Å². The monoisotopic (exact) mass is 298 g/mol. The summed E-state index contributed by atoms with van der Waals surface area (Å²) >= 11 is 5.61. The molecule has 0 saturated heterocycles. The lowest BCUT2D eigenvalue weighted by Crippen LogP contribution is -2.09. The fourth-order valence-electron chi connectivity index (χ4n) is 2.21. The molecule has 0 aliphatic carbocycles. The Morgan fingerprint density at radius 2 is 1.90 bits per heavy atom. The van der Waals surface area contributed by atoms with Gasteiger partial charge in [-0.2, -0.15) is 0 Å². The Morgan fingerprint density at radius 3 is 2.40 bits per heavy atom. The van der Waals surface area contributed by atoms with E-state index in [1.807, 2.05) is 19.1 Å². The van der Waals surface area contributed by atoms with Crippen LogP contribution < -0.4 is 4.74 Å². The van der Waals surface area contributed by atoms with E-state index in [1.165, 1.54) is 14.2 Å². The van der Waals surface area contributed by atoms with Crippen molar-refractivity contribution in [3.05, 3.63) is 34.4 Å². The Hall–Kier alpha value is -1.68. The highest BCUT2D eigenvalue weighted by Gasteiger charge is 2.24. The van der Waals surface area contributed by atoms with Crippen LogP contribution in [-0.2, 0) is 11.2 Å². The number of alkyl halides is 1. The van der Waals surface area contributed by atoms with Crippen molar-refractivity contribution in [1.82, 2.24) is 0 Å². The SMILES string of the molecule is COC(=O)c1c(C)c(C/C=C/CCl)c(C)c(OC)c1O. The molecule has 110 valence electrons. The third kappa shape index (κ3) is 3.07. The average Bonchev–Trinajstić information content (AvgIpc) is 2.42. The van der Waals surface area contributed by atoms with Gasteiger partial charge in [-0.25, -0.2) is 4.79 Å². The lowest BCUT2D eigenvalue weighted by molar-refractivity contribution is 0.0595. The first-order chi connectivity index (χ1) is 9.49. The lowest BCUT2D eigenvalue weighted by Gasteiger charge is -2.18. The Morgan fingerprint density at radius 1 is 1.25 bits per heavy atom. The summed E-state index contributed by atoms with van der Waals surface area (Å²) < 4.78 is 9.93. The van der Waals surface area contributed by atoms with Gasteiger partial charge in [0.15, 0.2) is 11.5 Å². The summed E-state index contributed by atoms with van der Waals surface area (Å²) in [5.41, 5.74) is 2.55. The van der Waals surface area contributed by atoms with E-state index in [1.54, 1.807) is 6.92 Å². The maximum atomic E-state index is 11.8. The molecule has 1 aromatic carbocycles. The van der Waals surface area contributed by atoms with E-state index in [9.17, 15) is 9.90 Å². The fourth-order valence-corrected chi connectivity index (χ4v) is 2.34. The van der Waals surface area contributed by atoms with E-state index in [0.29, 0.717) is 23.6 Å². The van der Waals surface area contributed by atoms with E-state index in [0.717, 1.165) is 11.1 Å². The summed E-state index contributed by atoms with van der Waals surface area (Å²) in [6.07, 6.45) is 4.35. The van der Waals surface area contributed by atoms with E-state index in [2.05, 4.69) is 0 Å². The normalized spacial score (nSPS) is 10.8. The highest BCUT2D eigenvalue weighted by Crippen LogP contribution is 2.39. The number of hydrogen-bond acceptors (Lipinski definition) is 4. The number of hydrogen-bond donors (Lipinski definition) is 1. The van der Waals surface area contributed by atoms with Crippen molar-refractivity contribution < 1.29 is 19.4 Å². The summed E-state index contributed by atoms with van der Waals surface area (Å²) in [7, 11) is 2.73. The van der Waals surface area contributed by atoms with Gasteiger partial charge in [-0.3, -0.25) is 0 Å². The molecular formula is C15H19ClO4. The highest BCUT2D eigenvalue weighted by atomic mass is 35.5. The van der Waals surface area contributed by atoms with Crippen LogP contribution in [0.3, 0.4) is 0 Å². The molecule has 0 atom stereocenters. The summed E-state index contributed by atoms with van der Waals surface area (Å²) in [6.45, 7) is 3.62. The number of aromatic hydroxyl groups is 1. The van der Waals surface area contributed by atoms with Crippen molar-refractivity contribution in [3.8, 4) is 11.5 Å². The second-order valence-electron chi connectivity index (χ2n) is 4.31. The number of halogens is 1. The Kier molecular flexibility index (Phi) is 5.89. The Balaban J connectivity index is 3.50. The van der Waals surface area contributed by atoms with Crippen LogP contribution in [0.15, 0.2) is 12.2 Å². The van der Waals surface area contributed by atoms with Gasteiger partial charge in [0.25, 0.3) is 0 Å². The fraction of sp³-hybridized carbons (Fsp3) is 0.400. The number of allylic oxidation sites excluding steroid dienone is 2. The molecule has 0 aliphatic rings. The zero-order valence-electron chi connectivity index (χ0n) is 12.1. The molecule has 1 N–H and O–H groups in total. The number of phenols is 1. The quantitative estimate of drug-likeness (QED) is 0.515. The van der Waals surface area contributed by atoms with E-state index in [-0.39, 0.29) is 11.3 Å². The maximum Gasteiger partial charge on any atom is 0.342 e. The molecule has 5 heteroatoms. The average molecular weight is 299 g/mol. The third-order valence-corrected chi connectivity index (χ3v) is 3.42. The summed E-state index contributed by atoms with van der Waals surface area (Å²) in [5.74, 6) is -0.0393. The van der Waals surface area contributed by atoms with Crippen molar-refractivity contribution in [3.63, 3.8) is 0 Å². The van der Waals surface area contributed by atoms with Crippen molar-refractivity contribution in [2.24, 2.45) is 0 Å². The van der Waals surface area contributed by atoms with Crippen molar-refractivity contribution >= 4 is 17.6 Å². The zero-order valence-corrected chi connectivity index (χ0v) is 12.9. The molecule has 0 unspecified atom stereocenters. The molecule has 0 fully saturated rings. The van der Waals surface area contributed by atoms with Gasteiger partial charge in [-0.05, 0) is 37.0 Å². The molecule has 4 nitrogen and oxygen atoms in total. The van der Waals surface area contributed by atoms with Gasteiger partial charge >= 0.3 is 5.97 Å². The summed E-state index contributed by atoms with van der Waals surface area (Å²) in [5, 5.41) is 10.2. The van der Waals surface area contributed by atoms with Crippen LogP contribution in [0.5, 0.6) is 11.5 Å². The minimum Gasteiger partial charge on any atom is -0.504 e. The predicted octanol–water partition coefficient (Wildman–Crippen LogP) is 3.14. The molecule has 0 spiro atoms. The third-order valence-electron chi connectivity index (χ3n) is 3.24. The Labute approximate surface area is 124 Å². The first-order valence-electron chi connectivity index (χ1n) is 6.17. The van der Waals surface area contributed by atoms with Gasteiger partial charge < -0.3 is 14.6 Å². The number of phenolic OH excluding ortho intramolecular Hbond substituents is 1. The molecule has 0 amide bonds. The first kappa shape index (κ1) is 16.4. The molecule has 20 heavy (non-hydrogen) atoms. The number of carbonyl (C=O) groups is 1. The number of ether oxygens (including phenoxy) is 2. The number of benzene rings is 1. The summed E-state index contributed by atoms with van der Waals surface area (Å²) in [4.78, 5) is 11.8. The van der Waals surface area contributed by atoms with Crippen LogP contribution in [0.1, 0.15) is 27.0 Å². The lowest BCUT2D eigenvalue weighted by atomic mass is 9.93. The predicted molar refractivity (Wildman–Crippen MR) is 79.0 cm³/mol. The van der Waals surface area contributed by atoms with Crippen LogP contribution in [0.2, 0.25) is 0 Å². The van der Waals surface area contributed by atoms with Crippen molar-refractivity contribution in [2.75, 3.05) is 20.1 Å². The molecule has 0 aromatic heterocycles. The minimum atomic E-state index is -0.583. The standard InChI is InChI=1S/C15H19ClO4/c1-9-11(7-5-6-8-16)10(2)14(19-3)13(17)12(9)15(18)20-4/h5-6,17H,7-8H2,1-4H3/b6-5+. The summed E-state index contributed by atoms with van der Waals surface area (Å²) in [6, 6.07) is 0. The maximum absolute atomic E-state index is 11.8. The van der Waals surface area contributed by atoms with E-state index < -0.39 is 5.97 Å². The molecule has 1 aromatic rings. The second kappa shape index (κ2) is 7.20. The number of rotatable bonds is 5. The van der Waals surface area contributed by atoms with Crippen LogP contribution in [0, 0.1) is 13.8 Å². The van der Waals surface area contributed by atoms with Crippen LogP contribution in [-0.4, -0.2) is 31.2 Å². The number of methoxy groups -OCH3 is 2. The molecule has 0 radical (unpaired) electrons. The molecule has 0 heterocycles. The number of esters is 1. The smallest absolute Gasteiger partial charge is 0.342 e. The first-order valence-corrected chi connectivity index (χ1v) is 6.71. The second-order valence-corrected chi connectivity index (χ2v) is 4.62.